The minimum atomic E-state index is -0.893. The maximum atomic E-state index is 12.6. The van der Waals surface area contributed by atoms with Crippen LogP contribution in [0.3, 0.4) is 0 Å². The van der Waals surface area contributed by atoms with Gasteiger partial charge < -0.3 is 10.5 Å². The Kier molecular flexibility index (Phi) is 8.36. The van der Waals surface area contributed by atoms with Gasteiger partial charge in [0, 0.05) is 0 Å². The predicted molar refractivity (Wildman–Crippen MR) is 96.0 cm³/mol. The molecule has 1 unspecified atom stereocenters. The van der Waals surface area contributed by atoms with Crippen LogP contribution in [0.25, 0.3) is 0 Å². The van der Waals surface area contributed by atoms with E-state index in [-0.39, 0.29) is 18.4 Å². The van der Waals surface area contributed by atoms with E-state index in [0.29, 0.717) is 19.4 Å². The number of ether oxygens (including phenoxy) is 1. The Labute approximate surface area is 154 Å². The summed E-state index contributed by atoms with van der Waals surface area (Å²) in [6.45, 7) is 9.46. The van der Waals surface area contributed by atoms with Crippen LogP contribution in [0.5, 0.6) is 0 Å². The molecule has 0 radical (unpaired) electrons. The molecular weight excluding hydrogens is 338 g/mol. The van der Waals surface area contributed by atoms with Crippen molar-refractivity contribution in [3.05, 3.63) is 0 Å². The summed E-state index contributed by atoms with van der Waals surface area (Å²) < 4.78 is 4.83. The first kappa shape index (κ1) is 22.2. The maximum absolute atomic E-state index is 12.6. The van der Waals surface area contributed by atoms with E-state index in [1.807, 2.05) is 13.8 Å². The van der Waals surface area contributed by atoms with Crippen LogP contribution in [-0.4, -0.2) is 59.7 Å². The average molecular weight is 369 g/mol. The van der Waals surface area contributed by atoms with Crippen molar-refractivity contribution in [3.63, 3.8) is 0 Å². The van der Waals surface area contributed by atoms with Gasteiger partial charge >= 0.3 is 5.97 Å². The van der Waals surface area contributed by atoms with Crippen LogP contribution in [0.15, 0.2) is 0 Å². The van der Waals surface area contributed by atoms with Crippen molar-refractivity contribution >= 4 is 23.6 Å². The fourth-order valence-electron chi connectivity index (χ4n) is 3.15. The largest absolute Gasteiger partial charge is 0.460 e. The highest BCUT2D eigenvalue weighted by Crippen LogP contribution is 2.25. The maximum Gasteiger partial charge on any atom is 0.376 e. The normalized spacial score (nSPS) is 20.1. The second kappa shape index (κ2) is 9.78. The van der Waals surface area contributed by atoms with Crippen LogP contribution < -0.4 is 11.1 Å². The third-order valence-electron chi connectivity index (χ3n) is 4.60. The summed E-state index contributed by atoms with van der Waals surface area (Å²) in [4.78, 5) is 50.8. The lowest BCUT2D eigenvalue weighted by Gasteiger charge is -2.33. The Balaban J connectivity index is 2.92. The van der Waals surface area contributed by atoms with Crippen LogP contribution in [0.1, 0.15) is 47.5 Å². The zero-order valence-corrected chi connectivity index (χ0v) is 16.3. The minimum Gasteiger partial charge on any atom is -0.460 e. The molecule has 0 spiro atoms. The Hall–Kier alpha value is -1.80. The molecule has 8 nitrogen and oxygen atoms in total. The highest BCUT2D eigenvalue weighted by atomic mass is 16.5. The zero-order valence-electron chi connectivity index (χ0n) is 16.3. The Morgan fingerprint density at radius 2 is 1.77 bits per heavy atom. The summed E-state index contributed by atoms with van der Waals surface area (Å²) >= 11 is 0. The number of imide groups is 1. The lowest BCUT2D eigenvalue weighted by molar-refractivity contribution is -0.157. The molecule has 3 atom stereocenters. The van der Waals surface area contributed by atoms with E-state index in [1.54, 1.807) is 25.7 Å². The van der Waals surface area contributed by atoms with Gasteiger partial charge in [-0.15, -0.1) is 0 Å². The van der Waals surface area contributed by atoms with Crippen LogP contribution in [-0.2, 0) is 23.9 Å². The molecule has 1 aliphatic heterocycles. The third-order valence-corrected chi connectivity index (χ3v) is 4.60. The summed E-state index contributed by atoms with van der Waals surface area (Å²) in [5, 5.41) is 2.35. The monoisotopic (exact) mass is 369 g/mol. The molecule has 0 aromatic carbocycles. The number of hydrogen-bond donors (Lipinski definition) is 2. The molecule has 8 heteroatoms. The molecule has 0 aliphatic carbocycles. The molecule has 0 aromatic rings. The summed E-state index contributed by atoms with van der Waals surface area (Å²) in [6.07, 6.45) is 1.21. The van der Waals surface area contributed by atoms with E-state index in [9.17, 15) is 19.2 Å². The van der Waals surface area contributed by atoms with Crippen LogP contribution >= 0.6 is 0 Å². The summed E-state index contributed by atoms with van der Waals surface area (Å²) in [6, 6.07) is -2.19. The topological polar surface area (TPSA) is 119 Å². The van der Waals surface area contributed by atoms with E-state index in [2.05, 4.69) is 5.32 Å². The summed E-state index contributed by atoms with van der Waals surface area (Å²) in [5.74, 6) is -2.85. The van der Waals surface area contributed by atoms with Gasteiger partial charge in [0.2, 0.25) is 11.8 Å². The number of rotatable bonds is 8. The van der Waals surface area contributed by atoms with Crippen LogP contribution in [0.4, 0.5) is 0 Å². The molecular formula is C18H31N3O5. The summed E-state index contributed by atoms with van der Waals surface area (Å²) in [7, 11) is 0. The number of Topliss-reactive ketones (excluding diaryl/α,β-unsaturated/α-hetero) is 1. The standard InChI is InChI=1S/C18H31N3O5/c1-6-26-18(25)15(22)14(11(4)5)21-9-7-8-12(21)16(23)20-17(24)13(19)10(2)3/h10-14H,6-9,19H2,1-5H3,(H,20,23,24)/t12-,13-,14?/m0/s1. The first-order chi connectivity index (χ1) is 12.1. The molecule has 0 aromatic heterocycles. The number of nitrogens with one attached hydrogen (secondary N) is 1. The molecule has 3 N–H and O–H groups in total. The molecule has 1 saturated heterocycles. The van der Waals surface area contributed by atoms with E-state index in [1.165, 1.54) is 0 Å². The lowest BCUT2D eigenvalue weighted by atomic mass is 9.96. The number of carbonyl (C=O) groups excluding carboxylic acids is 4. The van der Waals surface area contributed by atoms with Crippen molar-refractivity contribution in [2.75, 3.05) is 13.2 Å². The quantitative estimate of drug-likeness (QED) is 0.464. The van der Waals surface area contributed by atoms with Crippen molar-refractivity contribution in [3.8, 4) is 0 Å². The number of nitrogens with zero attached hydrogens (tertiary/aromatic N) is 1. The number of carbonyl (C=O) groups is 4. The summed E-state index contributed by atoms with van der Waals surface area (Å²) in [5.41, 5.74) is 5.78. The van der Waals surface area contributed by atoms with Gasteiger partial charge in [0.05, 0.1) is 24.7 Å². The molecule has 26 heavy (non-hydrogen) atoms. The molecule has 1 aliphatic rings. The van der Waals surface area contributed by atoms with Gasteiger partial charge in [-0.1, -0.05) is 27.7 Å². The Morgan fingerprint density at radius 3 is 2.27 bits per heavy atom. The second-order valence-corrected chi connectivity index (χ2v) is 7.29. The lowest BCUT2D eigenvalue weighted by Crippen LogP contribution is -2.56. The van der Waals surface area contributed by atoms with Gasteiger partial charge in [-0.2, -0.15) is 0 Å². The Morgan fingerprint density at radius 1 is 1.15 bits per heavy atom. The minimum absolute atomic E-state index is 0.101. The van der Waals surface area contributed by atoms with E-state index in [4.69, 9.17) is 10.5 Å². The van der Waals surface area contributed by atoms with Gasteiger partial charge in [0.1, 0.15) is 0 Å². The van der Waals surface area contributed by atoms with Crippen molar-refractivity contribution in [1.82, 2.24) is 10.2 Å². The van der Waals surface area contributed by atoms with Crippen molar-refractivity contribution in [2.45, 2.75) is 65.6 Å². The van der Waals surface area contributed by atoms with Crippen LogP contribution in [0, 0.1) is 11.8 Å². The smallest absolute Gasteiger partial charge is 0.376 e. The van der Waals surface area contributed by atoms with Gasteiger partial charge in [0.15, 0.2) is 0 Å². The van der Waals surface area contributed by atoms with E-state index >= 15 is 0 Å². The molecule has 0 saturated carbocycles. The zero-order chi connectivity index (χ0) is 20.0. The number of nitrogens with two attached hydrogens (primary N) is 1. The van der Waals surface area contributed by atoms with Gasteiger partial charge in [-0.3, -0.25) is 24.6 Å². The SMILES string of the molecule is CCOC(=O)C(=O)C(C(C)C)N1CCC[C@H]1C(=O)NC(=O)[C@@H](N)C(C)C. The molecule has 148 valence electrons. The Bertz CT molecular complexity index is 547. The molecule has 1 heterocycles. The number of esters is 1. The first-order valence-electron chi connectivity index (χ1n) is 9.18. The number of hydrogen-bond acceptors (Lipinski definition) is 7. The number of likely N-dealkylation sites (tertiary alicyclic amines) is 1. The van der Waals surface area contributed by atoms with E-state index < -0.39 is 41.7 Å². The number of ketones is 1. The average Bonchev–Trinajstić information content (AvgIpc) is 3.02. The fraction of sp³-hybridized carbons (Fsp3) is 0.778. The highest BCUT2D eigenvalue weighted by molar-refractivity contribution is 6.35. The van der Waals surface area contributed by atoms with Gasteiger partial charge in [-0.05, 0) is 38.1 Å². The number of amides is 2. The highest BCUT2D eigenvalue weighted by Gasteiger charge is 2.42. The molecule has 1 fully saturated rings. The molecule has 2 amide bonds. The molecule has 0 bridgehead atoms. The van der Waals surface area contributed by atoms with Crippen molar-refractivity contribution in [1.29, 1.82) is 0 Å². The predicted octanol–water partition coefficient (Wildman–Crippen LogP) is 0.234. The third kappa shape index (κ3) is 5.35. The van der Waals surface area contributed by atoms with Crippen LogP contribution in [0.2, 0.25) is 0 Å². The first-order valence-corrected chi connectivity index (χ1v) is 9.18. The van der Waals surface area contributed by atoms with E-state index in [0.717, 1.165) is 0 Å². The molecule has 1 rings (SSSR count). The van der Waals surface area contributed by atoms with Gasteiger partial charge in [-0.25, -0.2) is 4.79 Å². The van der Waals surface area contributed by atoms with Gasteiger partial charge in [0.25, 0.3) is 5.78 Å². The van der Waals surface area contributed by atoms with Crippen molar-refractivity contribution < 1.29 is 23.9 Å². The fourth-order valence-corrected chi connectivity index (χ4v) is 3.15. The second-order valence-electron chi connectivity index (χ2n) is 7.29. The van der Waals surface area contributed by atoms with Crippen molar-refractivity contribution in [2.24, 2.45) is 17.6 Å².